The van der Waals surface area contributed by atoms with Gasteiger partial charge in [0, 0.05) is 10.8 Å². The maximum absolute atomic E-state index is 13.3. The summed E-state index contributed by atoms with van der Waals surface area (Å²) in [6, 6.07) is 27.3. The molecule has 0 amide bonds. The van der Waals surface area contributed by atoms with Gasteiger partial charge in [0.1, 0.15) is 11.8 Å². The van der Waals surface area contributed by atoms with Gasteiger partial charge in [-0.3, -0.25) is 4.90 Å². The van der Waals surface area contributed by atoms with E-state index in [2.05, 4.69) is 0 Å². The molecule has 172 valence electrons. The number of methoxy groups -OCH3 is 2. The summed E-state index contributed by atoms with van der Waals surface area (Å²) in [5.74, 6) is -1.60. The fraction of sp³-hybridized carbons (Fsp3) is 0.185. The first-order valence-corrected chi connectivity index (χ1v) is 11.7. The molecule has 3 aromatic carbocycles. The summed E-state index contributed by atoms with van der Waals surface area (Å²) < 4.78 is 17.0. The van der Waals surface area contributed by atoms with Gasteiger partial charge in [0.15, 0.2) is 5.56 Å². The Bertz CT molecular complexity index is 1200. The van der Waals surface area contributed by atoms with Crippen LogP contribution in [0.2, 0.25) is 0 Å². The second kappa shape index (κ2) is 9.37. The van der Waals surface area contributed by atoms with Crippen LogP contribution in [0.25, 0.3) is 0 Å². The third-order valence-corrected chi connectivity index (χ3v) is 7.13. The van der Waals surface area contributed by atoms with Gasteiger partial charge in [-0.25, -0.2) is 9.59 Å². The van der Waals surface area contributed by atoms with Gasteiger partial charge in [-0.15, -0.1) is 0 Å². The van der Waals surface area contributed by atoms with Crippen LogP contribution in [0.5, 0.6) is 0 Å². The van der Waals surface area contributed by atoms with Gasteiger partial charge in [0.25, 0.3) is 0 Å². The number of fused-ring (bicyclic) bond motifs is 3. The molecule has 6 nitrogen and oxygen atoms in total. The normalized spacial score (nSPS) is 19.0. The molecule has 34 heavy (non-hydrogen) atoms. The number of anilines is 1. The van der Waals surface area contributed by atoms with Gasteiger partial charge in [-0.1, -0.05) is 84.6 Å². The second-order valence-electron chi connectivity index (χ2n) is 7.86. The smallest absolute Gasteiger partial charge is 0.355 e. The zero-order valence-electron chi connectivity index (χ0n) is 18.7. The number of rotatable bonds is 5. The van der Waals surface area contributed by atoms with Gasteiger partial charge >= 0.3 is 11.9 Å². The van der Waals surface area contributed by atoms with Crippen LogP contribution in [0.4, 0.5) is 5.69 Å². The Morgan fingerprint density at radius 2 is 1.38 bits per heavy atom. The number of nitrogens with zero attached hydrogens (tertiary/aromatic N) is 1. The molecule has 0 aromatic heterocycles. The molecule has 0 radical (unpaired) electrons. The zero-order valence-corrected chi connectivity index (χ0v) is 19.5. The van der Waals surface area contributed by atoms with E-state index < -0.39 is 23.6 Å². The van der Waals surface area contributed by atoms with E-state index in [-0.39, 0.29) is 17.2 Å². The highest BCUT2D eigenvalue weighted by Crippen LogP contribution is 2.51. The third-order valence-electron chi connectivity index (χ3n) is 6.01. The molecular weight excluding hydrogens is 450 g/mol. The number of benzene rings is 3. The molecule has 0 bridgehead atoms. The summed E-state index contributed by atoms with van der Waals surface area (Å²) in [7, 11) is 2.62. The molecule has 0 fully saturated rings. The summed E-state index contributed by atoms with van der Waals surface area (Å²) in [4.78, 5) is 29.2. The highest BCUT2D eigenvalue weighted by Gasteiger charge is 2.49. The molecule has 0 spiro atoms. The average Bonchev–Trinajstić information content (AvgIpc) is 3.26. The van der Waals surface area contributed by atoms with E-state index in [1.807, 2.05) is 84.9 Å². The summed E-state index contributed by atoms with van der Waals surface area (Å²) in [6.07, 6.45) is -0.783. The van der Waals surface area contributed by atoms with E-state index in [4.69, 9.17) is 14.2 Å². The van der Waals surface area contributed by atoms with Crippen LogP contribution < -0.4 is 4.90 Å². The van der Waals surface area contributed by atoms with Crippen molar-refractivity contribution >= 4 is 29.4 Å². The SMILES string of the molecule is COC(=O)C1=C(C(=O)OC)N2c3ccccc3S[C@H]2O[C@@H]1C(c1ccccc1)c1ccccc1. The minimum atomic E-state index is -0.783. The monoisotopic (exact) mass is 473 g/mol. The predicted octanol–water partition coefficient (Wildman–Crippen LogP) is 4.71. The second-order valence-corrected chi connectivity index (χ2v) is 8.94. The Morgan fingerprint density at radius 1 is 0.824 bits per heavy atom. The molecule has 3 aromatic rings. The van der Waals surface area contributed by atoms with Crippen molar-refractivity contribution in [2.45, 2.75) is 22.5 Å². The lowest BCUT2D eigenvalue weighted by atomic mass is 9.82. The van der Waals surface area contributed by atoms with Crippen molar-refractivity contribution in [2.24, 2.45) is 0 Å². The molecule has 2 heterocycles. The third kappa shape index (κ3) is 3.77. The zero-order chi connectivity index (χ0) is 23.7. The molecule has 0 aliphatic carbocycles. The van der Waals surface area contributed by atoms with E-state index >= 15 is 0 Å². The minimum absolute atomic E-state index is 0.139. The van der Waals surface area contributed by atoms with Crippen molar-refractivity contribution in [3.8, 4) is 0 Å². The van der Waals surface area contributed by atoms with Crippen molar-refractivity contribution in [3.63, 3.8) is 0 Å². The van der Waals surface area contributed by atoms with E-state index in [0.29, 0.717) is 0 Å². The van der Waals surface area contributed by atoms with Crippen LogP contribution in [-0.2, 0) is 23.8 Å². The predicted molar refractivity (Wildman–Crippen MR) is 129 cm³/mol. The Morgan fingerprint density at radius 3 is 1.97 bits per heavy atom. The fourth-order valence-corrected chi connectivity index (χ4v) is 5.70. The number of carbonyl (C=O) groups excluding carboxylic acids is 2. The van der Waals surface area contributed by atoms with E-state index in [9.17, 15) is 9.59 Å². The number of esters is 2. The van der Waals surface area contributed by atoms with Crippen molar-refractivity contribution in [1.82, 2.24) is 0 Å². The van der Waals surface area contributed by atoms with Crippen LogP contribution in [-0.4, -0.2) is 37.8 Å². The highest BCUT2D eigenvalue weighted by molar-refractivity contribution is 8.00. The molecule has 0 saturated carbocycles. The first kappa shape index (κ1) is 22.3. The van der Waals surface area contributed by atoms with Crippen LogP contribution in [0.1, 0.15) is 17.0 Å². The molecule has 2 aliphatic rings. The van der Waals surface area contributed by atoms with Crippen molar-refractivity contribution in [3.05, 3.63) is 107 Å². The molecule has 7 heteroatoms. The van der Waals surface area contributed by atoms with Crippen LogP contribution in [0.15, 0.2) is 101 Å². The molecule has 2 aliphatic heterocycles. The van der Waals surface area contributed by atoms with Crippen LogP contribution >= 0.6 is 11.8 Å². The molecule has 0 saturated heterocycles. The number of carbonyl (C=O) groups is 2. The first-order valence-electron chi connectivity index (χ1n) is 10.8. The van der Waals surface area contributed by atoms with Crippen molar-refractivity contribution < 1.29 is 23.8 Å². The average molecular weight is 474 g/mol. The number of hydrogen-bond acceptors (Lipinski definition) is 7. The van der Waals surface area contributed by atoms with E-state index in [0.717, 1.165) is 21.7 Å². The lowest BCUT2D eigenvalue weighted by Crippen LogP contribution is -2.48. The van der Waals surface area contributed by atoms with Gasteiger partial charge in [0.05, 0.1) is 25.5 Å². The maximum Gasteiger partial charge on any atom is 0.355 e. The minimum Gasteiger partial charge on any atom is -0.466 e. The maximum atomic E-state index is 13.3. The lowest BCUT2D eigenvalue weighted by Gasteiger charge is -2.40. The van der Waals surface area contributed by atoms with Gasteiger partial charge in [-0.2, -0.15) is 0 Å². The molecule has 0 unspecified atom stereocenters. The summed E-state index contributed by atoms with van der Waals surface area (Å²) >= 11 is 1.49. The molecule has 2 atom stereocenters. The first-order chi connectivity index (χ1) is 16.6. The fourth-order valence-electron chi connectivity index (χ4n) is 4.54. The molecule has 0 N–H and O–H groups in total. The summed E-state index contributed by atoms with van der Waals surface area (Å²) in [5.41, 5.74) is 2.44. The number of hydrogen-bond donors (Lipinski definition) is 0. The molecule has 5 rings (SSSR count). The summed E-state index contributed by atoms with van der Waals surface area (Å²) in [6.45, 7) is 0. The molecular formula is C27H23NO5S. The number of ether oxygens (including phenoxy) is 3. The Kier molecular flexibility index (Phi) is 6.13. The van der Waals surface area contributed by atoms with E-state index in [1.165, 1.54) is 26.0 Å². The van der Waals surface area contributed by atoms with Gasteiger partial charge in [0.2, 0.25) is 0 Å². The summed E-state index contributed by atoms with van der Waals surface area (Å²) in [5, 5.41) is 0. The van der Waals surface area contributed by atoms with Crippen LogP contribution in [0.3, 0.4) is 0 Å². The number of para-hydroxylation sites is 1. The largest absolute Gasteiger partial charge is 0.466 e. The standard InChI is InChI=1S/C27H23NO5S/c1-31-25(29)22-23(26(30)32-2)28-19-15-9-10-16-20(19)34-27(28)33-24(22)21(17-11-5-3-6-12-17)18-13-7-4-8-14-18/h3-16,21,24,27H,1-2H3/t24-,27-/m1/s1. The Balaban J connectivity index is 1.75. The van der Waals surface area contributed by atoms with Gasteiger partial charge < -0.3 is 14.2 Å². The van der Waals surface area contributed by atoms with E-state index in [1.54, 1.807) is 4.90 Å². The number of thioether (sulfide) groups is 1. The highest BCUT2D eigenvalue weighted by atomic mass is 32.2. The topological polar surface area (TPSA) is 65.1 Å². The van der Waals surface area contributed by atoms with Crippen molar-refractivity contribution in [1.29, 1.82) is 0 Å². The lowest BCUT2D eigenvalue weighted by molar-refractivity contribution is -0.142. The van der Waals surface area contributed by atoms with Crippen molar-refractivity contribution in [2.75, 3.05) is 19.1 Å². The van der Waals surface area contributed by atoms with Gasteiger partial charge in [-0.05, 0) is 23.3 Å². The van der Waals surface area contributed by atoms with Crippen LogP contribution in [0, 0.1) is 0 Å². The Labute approximate surface area is 202 Å². The Hall–Kier alpha value is -3.55. The quantitative estimate of drug-likeness (QED) is 0.497.